The Morgan fingerprint density at radius 1 is 1.41 bits per heavy atom. The van der Waals surface area contributed by atoms with E-state index in [1.807, 2.05) is 13.8 Å². The van der Waals surface area contributed by atoms with Crippen molar-refractivity contribution in [1.29, 1.82) is 0 Å². The lowest BCUT2D eigenvalue weighted by Crippen LogP contribution is -2.24. The van der Waals surface area contributed by atoms with Crippen molar-refractivity contribution in [2.24, 2.45) is 0 Å². The van der Waals surface area contributed by atoms with Gasteiger partial charge >= 0.3 is 0 Å². The molecular formula is C11H16IN3O2. The molecule has 1 aliphatic heterocycles. The van der Waals surface area contributed by atoms with Crippen LogP contribution in [-0.4, -0.2) is 36.3 Å². The molecule has 1 N–H and O–H groups in total. The highest BCUT2D eigenvalue weighted by molar-refractivity contribution is 14.1. The third-order valence-corrected chi connectivity index (χ3v) is 3.77. The van der Waals surface area contributed by atoms with Crippen molar-refractivity contribution in [2.75, 3.05) is 31.7 Å². The second kappa shape index (κ2) is 5.92. The Hall–Kier alpha value is -0.470. The van der Waals surface area contributed by atoms with Gasteiger partial charge in [0.25, 0.3) is 0 Å². The van der Waals surface area contributed by atoms with Crippen LogP contribution in [0.5, 0.6) is 0 Å². The van der Waals surface area contributed by atoms with Gasteiger partial charge in [-0.3, -0.25) is 0 Å². The highest BCUT2D eigenvalue weighted by Crippen LogP contribution is 2.23. The lowest BCUT2D eigenvalue weighted by atomic mass is 10.3. The summed E-state index contributed by atoms with van der Waals surface area (Å²) in [6.07, 6.45) is -0.142. The summed E-state index contributed by atoms with van der Waals surface area (Å²) in [6, 6.07) is 0. The third-order valence-electron chi connectivity index (χ3n) is 2.48. The summed E-state index contributed by atoms with van der Waals surface area (Å²) in [5.41, 5.74) is 0.973. The first-order chi connectivity index (χ1) is 8.22. The average Bonchev–Trinajstić information content (AvgIpc) is 2.36. The Bertz CT molecular complexity index is 395. The Morgan fingerprint density at radius 3 is 2.88 bits per heavy atom. The SMILES string of the molecule is CCNc1nc(C2COCCO2)nc(C)c1I. The zero-order chi connectivity index (χ0) is 12.3. The molecule has 0 amide bonds. The van der Waals surface area contributed by atoms with Crippen molar-refractivity contribution in [3.63, 3.8) is 0 Å². The molecule has 0 aromatic carbocycles. The molecule has 1 atom stereocenters. The highest BCUT2D eigenvalue weighted by Gasteiger charge is 2.21. The third kappa shape index (κ3) is 3.05. The van der Waals surface area contributed by atoms with Crippen molar-refractivity contribution < 1.29 is 9.47 Å². The summed E-state index contributed by atoms with van der Waals surface area (Å²) in [5.74, 6) is 1.59. The van der Waals surface area contributed by atoms with Crippen molar-refractivity contribution in [1.82, 2.24) is 9.97 Å². The number of aromatic nitrogens is 2. The summed E-state index contributed by atoms with van der Waals surface area (Å²) in [7, 11) is 0. The van der Waals surface area contributed by atoms with Crippen LogP contribution in [0.2, 0.25) is 0 Å². The minimum absolute atomic E-state index is 0.142. The maximum absolute atomic E-state index is 5.61. The summed E-state index contributed by atoms with van der Waals surface area (Å²) in [6.45, 7) is 6.67. The molecule has 0 saturated carbocycles. The highest BCUT2D eigenvalue weighted by atomic mass is 127. The molecule has 2 rings (SSSR count). The van der Waals surface area contributed by atoms with Gasteiger partial charge in [-0.05, 0) is 36.4 Å². The van der Waals surface area contributed by atoms with Crippen LogP contribution in [0.1, 0.15) is 24.5 Å². The Balaban J connectivity index is 2.27. The number of aryl methyl sites for hydroxylation is 1. The van der Waals surface area contributed by atoms with Gasteiger partial charge in [-0.1, -0.05) is 0 Å². The normalized spacial score (nSPS) is 20.3. The van der Waals surface area contributed by atoms with E-state index in [0.717, 1.165) is 21.6 Å². The first-order valence-corrected chi connectivity index (χ1v) is 6.77. The predicted octanol–water partition coefficient (Wildman–Crippen LogP) is 1.91. The standard InChI is InChI=1S/C11H16IN3O2/c1-3-13-11-9(12)7(2)14-10(15-11)8-6-16-4-5-17-8/h8H,3-6H2,1-2H3,(H,13,14,15). The molecule has 1 aromatic heterocycles. The van der Waals surface area contributed by atoms with Crippen LogP contribution in [0.25, 0.3) is 0 Å². The Labute approximate surface area is 114 Å². The topological polar surface area (TPSA) is 56.3 Å². The van der Waals surface area contributed by atoms with E-state index in [-0.39, 0.29) is 6.10 Å². The molecule has 5 nitrogen and oxygen atoms in total. The van der Waals surface area contributed by atoms with E-state index in [9.17, 15) is 0 Å². The monoisotopic (exact) mass is 349 g/mol. The number of hydrogen-bond acceptors (Lipinski definition) is 5. The molecule has 0 spiro atoms. The van der Waals surface area contributed by atoms with Crippen molar-refractivity contribution in [3.8, 4) is 0 Å². The Kier molecular flexibility index (Phi) is 4.52. The van der Waals surface area contributed by atoms with Crippen LogP contribution in [0.3, 0.4) is 0 Å². The van der Waals surface area contributed by atoms with E-state index in [1.54, 1.807) is 0 Å². The molecule has 2 heterocycles. The lowest BCUT2D eigenvalue weighted by Gasteiger charge is -2.22. The van der Waals surface area contributed by atoms with Gasteiger partial charge in [0.2, 0.25) is 0 Å². The maximum Gasteiger partial charge on any atom is 0.162 e. The van der Waals surface area contributed by atoms with E-state index in [2.05, 4.69) is 37.9 Å². The molecule has 6 heteroatoms. The van der Waals surface area contributed by atoms with Gasteiger partial charge in [-0.15, -0.1) is 0 Å². The molecule has 1 saturated heterocycles. The molecule has 1 aliphatic rings. The average molecular weight is 349 g/mol. The second-order valence-electron chi connectivity index (χ2n) is 3.79. The number of halogens is 1. The van der Waals surface area contributed by atoms with Crippen LogP contribution in [0.15, 0.2) is 0 Å². The predicted molar refractivity (Wildman–Crippen MR) is 73.2 cm³/mol. The molecule has 1 unspecified atom stereocenters. The zero-order valence-corrected chi connectivity index (χ0v) is 12.2. The van der Waals surface area contributed by atoms with Gasteiger partial charge in [0.05, 0.1) is 29.1 Å². The lowest BCUT2D eigenvalue weighted by molar-refractivity contribution is -0.0935. The van der Waals surface area contributed by atoms with Crippen molar-refractivity contribution in [3.05, 3.63) is 15.1 Å². The number of nitrogens with zero attached hydrogens (tertiary/aromatic N) is 2. The minimum atomic E-state index is -0.142. The summed E-state index contributed by atoms with van der Waals surface area (Å²) >= 11 is 2.26. The number of nitrogens with one attached hydrogen (secondary N) is 1. The number of rotatable bonds is 3. The van der Waals surface area contributed by atoms with Crippen LogP contribution in [0.4, 0.5) is 5.82 Å². The second-order valence-corrected chi connectivity index (χ2v) is 4.87. The van der Waals surface area contributed by atoms with E-state index < -0.39 is 0 Å². The molecule has 0 aliphatic carbocycles. The molecule has 1 fully saturated rings. The molecule has 0 radical (unpaired) electrons. The maximum atomic E-state index is 5.61. The largest absolute Gasteiger partial charge is 0.376 e. The first-order valence-electron chi connectivity index (χ1n) is 5.69. The Morgan fingerprint density at radius 2 is 2.24 bits per heavy atom. The fraction of sp³-hybridized carbons (Fsp3) is 0.636. The van der Waals surface area contributed by atoms with Crippen LogP contribution >= 0.6 is 22.6 Å². The number of anilines is 1. The van der Waals surface area contributed by atoms with Gasteiger partial charge in [0.15, 0.2) is 5.82 Å². The molecule has 94 valence electrons. The molecular weight excluding hydrogens is 333 g/mol. The van der Waals surface area contributed by atoms with Gasteiger partial charge in [0, 0.05) is 6.54 Å². The summed E-state index contributed by atoms with van der Waals surface area (Å²) in [4.78, 5) is 8.99. The van der Waals surface area contributed by atoms with Gasteiger partial charge < -0.3 is 14.8 Å². The van der Waals surface area contributed by atoms with Gasteiger partial charge in [-0.2, -0.15) is 0 Å². The summed E-state index contributed by atoms with van der Waals surface area (Å²) in [5, 5.41) is 3.24. The molecule has 0 bridgehead atoms. The van der Waals surface area contributed by atoms with Crippen LogP contribution in [-0.2, 0) is 9.47 Å². The van der Waals surface area contributed by atoms with Crippen molar-refractivity contribution >= 4 is 28.4 Å². The van der Waals surface area contributed by atoms with Gasteiger partial charge in [-0.25, -0.2) is 9.97 Å². The van der Waals surface area contributed by atoms with E-state index in [1.165, 1.54) is 0 Å². The summed E-state index contributed by atoms with van der Waals surface area (Å²) < 4.78 is 12.1. The quantitative estimate of drug-likeness (QED) is 0.845. The van der Waals surface area contributed by atoms with Crippen LogP contribution < -0.4 is 5.32 Å². The fourth-order valence-corrected chi connectivity index (χ4v) is 2.08. The first kappa shape index (κ1) is 13.0. The van der Waals surface area contributed by atoms with E-state index >= 15 is 0 Å². The minimum Gasteiger partial charge on any atom is -0.376 e. The number of ether oxygens (including phenoxy) is 2. The van der Waals surface area contributed by atoms with E-state index in [0.29, 0.717) is 25.6 Å². The smallest absolute Gasteiger partial charge is 0.162 e. The zero-order valence-electron chi connectivity index (χ0n) is 9.99. The van der Waals surface area contributed by atoms with Gasteiger partial charge in [0.1, 0.15) is 11.9 Å². The van der Waals surface area contributed by atoms with E-state index in [4.69, 9.17) is 9.47 Å². The number of hydrogen-bond donors (Lipinski definition) is 1. The molecule has 1 aromatic rings. The van der Waals surface area contributed by atoms with Crippen molar-refractivity contribution in [2.45, 2.75) is 20.0 Å². The molecule has 17 heavy (non-hydrogen) atoms. The van der Waals surface area contributed by atoms with Crippen LogP contribution in [0, 0.1) is 10.5 Å². The fourth-order valence-electron chi connectivity index (χ4n) is 1.65.